The number of carbonyl (C=O) groups excluding carboxylic acids is 1. The topological polar surface area (TPSA) is 63.2 Å². The summed E-state index contributed by atoms with van der Waals surface area (Å²) in [6, 6.07) is 7.86. The lowest BCUT2D eigenvalue weighted by Gasteiger charge is -2.22. The number of rotatable bonds is 6. The molecule has 1 atom stereocenters. The van der Waals surface area contributed by atoms with Crippen molar-refractivity contribution >= 4 is 17.2 Å². The molecule has 2 aromatic rings. The maximum Gasteiger partial charge on any atom is 0.237 e. The van der Waals surface area contributed by atoms with Gasteiger partial charge in [-0.3, -0.25) is 4.79 Å². The molecule has 1 unspecified atom stereocenters. The van der Waals surface area contributed by atoms with Crippen LogP contribution in [0, 0.1) is 0 Å². The predicted molar refractivity (Wildman–Crippen MR) is 85.8 cm³/mol. The second-order valence-electron chi connectivity index (χ2n) is 5.28. The number of hydrogen-bond donors (Lipinski definition) is 2. The minimum Gasteiger partial charge on any atom is -0.487 e. The van der Waals surface area contributed by atoms with E-state index in [0.29, 0.717) is 13.2 Å². The fraction of sp³-hybridized carbons (Fsp3) is 0.375. The molecule has 0 radical (unpaired) electrons. The molecule has 1 saturated heterocycles. The fourth-order valence-electron chi connectivity index (χ4n) is 2.38. The van der Waals surface area contributed by atoms with Gasteiger partial charge in [0.2, 0.25) is 5.91 Å². The molecule has 1 amide bonds. The van der Waals surface area contributed by atoms with Crippen LogP contribution in [-0.4, -0.2) is 23.5 Å². The van der Waals surface area contributed by atoms with E-state index in [-0.39, 0.29) is 11.9 Å². The Kier molecular flexibility index (Phi) is 5.03. The minimum atomic E-state index is -0.0747. The summed E-state index contributed by atoms with van der Waals surface area (Å²) in [6.45, 7) is 1.97. The SMILES string of the molecule is O=C1NCCCC1NCc1ccc(OCc2cscn2)cc1. The maximum atomic E-state index is 11.7. The Morgan fingerprint density at radius 1 is 1.36 bits per heavy atom. The zero-order valence-corrected chi connectivity index (χ0v) is 13.1. The number of nitrogens with zero attached hydrogens (tertiary/aromatic N) is 1. The van der Waals surface area contributed by atoms with Crippen LogP contribution in [0.25, 0.3) is 0 Å². The summed E-state index contributed by atoms with van der Waals surface area (Å²) in [4.78, 5) is 15.9. The van der Waals surface area contributed by atoms with Crippen molar-refractivity contribution in [3.05, 3.63) is 46.4 Å². The lowest BCUT2D eigenvalue weighted by atomic mass is 10.1. The summed E-state index contributed by atoms with van der Waals surface area (Å²) >= 11 is 1.57. The first kappa shape index (κ1) is 15.0. The molecular weight excluding hydrogens is 298 g/mol. The number of amides is 1. The lowest BCUT2D eigenvalue weighted by molar-refractivity contribution is -0.124. The van der Waals surface area contributed by atoms with Gasteiger partial charge in [0.05, 0.1) is 17.2 Å². The molecule has 1 aliphatic rings. The zero-order valence-electron chi connectivity index (χ0n) is 12.2. The van der Waals surface area contributed by atoms with Crippen molar-refractivity contribution in [3.63, 3.8) is 0 Å². The number of aromatic nitrogens is 1. The van der Waals surface area contributed by atoms with Crippen LogP contribution in [-0.2, 0) is 17.9 Å². The molecule has 2 heterocycles. The van der Waals surface area contributed by atoms with Crippen LogP contribution >= 0.6 is 11.3 Å². The third-order valence-electron chi connectivity index (χ3n) is 3.63. The van der Waals surface area contributed by atoms with Crippen LogP contribution < -0.4 is 15.4 Å². The Hall–Kier alpha value is -1.92. The number of ether oxygens (including phenoxy) is 1. The first-order valence-corrected chi connectivity index (χ1v) is 8.35. The van der Waals surface area contributed by atoms with Gasteiger partial charge in [-0.05, 0) is 30.5 Å². The summed E-state index contributed by atoms with van der Waals surface area (Å²) in [5.74, 6) is 0.932. The van der Waals surface area contributed by atoms with Gasteiger partial charge in [-0.1, -0.05) is 12.1 Å². The van der Waals surface area contributed by atoms with E-state index in [9.17, 15) is 4.79 Å². The first-order chi connectivity index (χ1) is 10.8. The van der Waals surface area contributed by atoms with Crippen LogP contribution in [0.5, 0.6) is 5.75 Å². The molecule has 0 bridgehead atoms. The number of carbonyl (C=O) groups is 1. The van der Waals surface area contributed by atoms with Crippen LogP contribution in [0.4, 0.5) is 0 Å². The van der Waals surface area contributed by atoms with Gasteiger partial charge in [0.1, 0.15) is 12.4 Å². The van der Waals surface area contributed by atoms with Gasteiger partial charge < -0.3 is 15.4 Å². The Bertz CT molecular complexity index is 598. The van der Waals surface area contributed by atoms with Crippen molar-refractivity contribution in [1.29, 1.82) is 0 Å². The normalized spacial score (nSPS) is 18.0. The molecule has 1 aromatic carbocycles. The van der Waals surface area contributed by atoms with Crippen LogP contribution in [0.1, 0.15) is 24.1 Å². The van der Waals surface area contributed by atoms with E-state index in [2.05, 4.69) is 15.6 Å². The van der Waals surface area contributed by atoms with Crippen molar-refractivity contribution in [3.8, 4) is 5.75 Å². The standard InChI is InChI=1S/C16H19N3O2S/c20-16-15(2-1-7-17-16)18-8-12-3-5-14(6-4-12)21-9-13-10-22-11-19-13/h3-6,10-11,15,18H,1-2,7-9H2,(H,17,20). The highest BCUT2D eigenvalue weighted by atomic mass is 32.1. The highest BCUT2D eigenvalue weighted by molar-refractivity contribution is 7.07. The van der Waals surface area contributed by atoms with Crippen molar-refractivity contribution in [1.82, 2.24) is 15.6 Å². The first-order valence-electron chi connectivity index (χ1n) is 7.41. The average molecular weight is 317 g/mol. The zero-order chi connectivity index (χ0) is 15.2. The molecule has 1 aromatic heterocycles. The van der Waals surface area contributed by atoms with Crippen molar-refractivity contribution < 1.29 is 9.53 Å². The summed E-state index contributed by atoms with van der Waals surface area (Å²) in [7, 11) is 0. The van der Waals surface area contributed by atoms with Crippen molar-refractivity contribution in [2.75, 3.05) is 6.54 Å². The van der Waals surface area contributed by atoms with Gasteiger partial charge in [0.15, 0.2) is 0 Å². The Morgan fingerprint density at radius 2 is 2.23 bits per heavy atom. The van der Waals surface area contributed by atoms with Crippen molar-refractivity contribution in [2.24, 2.45) is 0 Å². The van der Waals surface area contributed by atoms with E-state index in [1.165, 1.54) is 0 Å². The van der Waals surface area contributed by atoms with Crippen LogP contribution in [0.15, 0.2) is 35.2 Å². The quantitative estimate of drug-likeness (QED) is 0.856. The molecule has 0 spiro atoms. The van der Waals surface area contributed by atoms with Crippen LogP contribution in [0.3, 0.4) is 0 Å². The Balaban J connectivity index is 1.47. The van der Waals surface area contributed by atoms with Gasteiger partial charge in [-0.15, -0.1) is 11.3 Å². The molecule has 1 fully saturated rings. The molecule has 2 N–H and O–H groups in total. The third kappa shape index (κ3) is 4.05. The number of benzene rings is 1. The molecule has 3 rings (SSSR count). The lowest BCUT2D eigenvalue weighted by Crippen LogP contribution is -2.47. The largest absolute Gasteiger partial charge is 0.487 e. The van der Waals surface area contributed by atoms with Gasteiger partial charge in [-0.25, -0.2) is 4.98 Å². The second kappa shape index (κ2) is 7.38. The van der Waals surface area contributed by atoms with Gasteiger partial charge >= 0.3 is 0 Å². The molecular formula is C16H19N3O2S. The monoisotopic (exact) mass is 317 g/mol. The Labute approximate surface area is 133 Å². The molecule has 116 valence electrons. The number of hydrogen-bond acceptors (Lipinski definition) is 5. The van der Waals surface area contributed by atoms with Gasteiger partial charge in [0.25, 0.3) is 0 Å². The summed E-state index contributed by atoms with van der Waals surface area (Å²) in [5, 5.41) is 8.16. The summed E-state index contributed by atoms with van der Waals surface area (Å²) in [6.07, 6.45) is 1.94. The Morgan fingerprint density at radius 3 is 2.95 bits per heavy atom. The van der Waals surface area contributed by atoms with E-state index >= 15 is 0 Å². The summed E-state index contributed by atoms with van der Waals surface area (Å²) in [5.41, 5.74) is 3.88. The third-order valence-corrected chi connectivity index (χ3v) is 4.27. The predicted octanol–water partition coefficient (Wildman–Crippen LogP) is 2.09. The van der Waals surface area contributed by atoms with Gasteiger partial charge in [-0.2, -0.15) is 0 Å². The second-order valence-corrected chi connectivity index (χ2v) is 6.00. The number of nitrogens with one attached hydrogen (secondary N) is 2. The molecule has 22 heavy (non-hydrogen) atoms. The van der Waals surface area contributed by atoms with Crippen molar-refractivity contribution in [2.45, 2.75) is 32.0 Å². The maximum absolute atomic E-state index is 11.7. The molecule has 1 aliphatic heterocycles. The smallest absolute Gasteiger partial charge is 0.237 e. The van der Waals surface area contributed by atoms with Crippen LogP contribution in [0.2, 0.25) is 0 Å². The van der Waals surface area contributed by atoms with E-state index in [4.69, 9.17) is 4.74 Å². The van der Waals surface area contributed by atoms with E-state index < -0.39 is 0 Å². The fourth-order valence-corrected chi connectivity index (χ4v) is 2.92. The highest BCUT2D eigenvalue weighted by Gasteiger charge is 2.20. The molecule has 6 heteroatoms. The molecule has 0 aliphatic carbocycles. The van der Waals surface area contributed by atoms with Gasteiger partial charge in [0, 0.05) is 18.5 Å². The number of piperidine rings is 1. The van der Waals surface area contributed by atoms with E-state index in [1.807, 2.05) is 29.6 Å². The molecule has 0 saturated carbocycles. The minimum absolute atomic E-state index is 0.0747. The highest BCUT2D eigenvalue weighted by Crippen LogP contribution is 2.15. The molecule has 5 nitrogen and oxygen atoms in total. The average Bonchev–Trinajstić information content (AvgIpc) is 3.07. The number of thiazole rings is 1. The van der Waals surface area contributed by atoms with E-state index in [0.717, 1.165) is 36.4 Å². The van der Waals surface area contributed by atoms with E-state index in [1.54, 1.807) is 16.8 Å². The summed E-state index contributed by atoms with van der Waals surface area (Å²) < 4.78 is 5.68.